The molecular formula is C18H16N2O. The van der Waals surface area contributed by atoms with Gasteiger partial charge in [-0.3, -0.25) is 4.98 Å². The third kappa shape index (κ3) is 1.93. The molecule has 4 rings (SSSR count). The number of rotatable bonds is 2. The van der Waals surface area contributed by atoms with Crippen molar-refractivity contribution in [1.82, 2.24) is 9.97 Å². The van der Waals surface area contributed by atoms with Crippen LogP contribution in [0.3, 0.4) is 0 Å². The second-order valence-corrected chi connectivity index (χ2v) is 5.29. The molecule has 3 aromatic rings. The van der Waals surface area contributed by atoms with Crippen molar-refractivity contribution in [3.8, 4) is 28.3 Å². The monoisotopic (exact) mass is 276 g/mol. The molecule has 1 aliphatic carbocycles. The Morgan fingerprint density at radius 1 is 1.10 bits per heavy atom. The van der Waals surface area contributed by atoms with Crippen molar-refractivity contribution in [2.75, 3.05) is 7.11 Å². The van der Waals surface area contributed by atoms with E-state index in [4.69, 9.17) is 4.74 Å². The number of fused-ring (bicyclic) bond motifs is 3. The number of nitrogens with zero attached hydrogens (tertiary/aromatic N) is 1. The van der Waals surface area contributed by atoms with Crippen LogP contribution in [0.25, 0.3) is 22.5 Å². The van der Waals surface area contributed by atoms with Gasteiger partial charge < -0.3 is 9.72 Å². The summed E-state index contributed by atoms with van der Waals surface area (Å²) in [5.74, 6) is 0.925. The highest BCUT2D eigenvalue weighted by molar-refractivity contribution is 5.79. The quantitative estimate of drug-likeness (QED) is 0.772. The molecule has 104 valence electrons. The maximum absolute atomic E-state index is 5.32. The van der Waals surface area contributed by atoms with Gasteiger partial charge in [0.25, 0.3) is 0 Å². The summed E-state index contributed by atoms with van der Waals surface area (Å²) in [6.45, 7) is 0. The number of hydrogen-bond donors (Lipinski definition) is 1. The summed E-state index contributed by atoms with van der Waals surface area (Å²) in [5.41, 5.74) is 7.46. The average molecular weight is 276 g/mol. The number of benzene rings is 1. The van der Waals surface area contributed by atoms with Crippen LogP contribution in [0, 0.1) is 0 Å². The average Bonchev–Trinajstić information content (AvgIpc) is 2.99. The second kappa shape index (κ2) is 4.77. The molecule has 21 heavy (non-hydrogen) atoms. The van der Waals surface area contributed by atoms with Crippen molar-refractivity contribution in [2.24, 2.45) is 0 Å². The van der Waals surface area contributed by atoms with Gasteiger partial charge in [0, 0.05) is 29.2 Å². The van der Waals surface area contributed by atoms with Crippen LogP contribution in [-0.4, -0.2) is 17.1 Å². The van der Waals surface area contributed by atoms with Crippen molar-refractivity contribution in [3.05, 3.63) is 59.9 Å². The van der Waals surface area contributed by atoms with Crippen LogP contribution in [0.4, 0.5) is 0 Å². The van der Waals surface area contributed by atoms with E-state index in [-0.39, 0.29) is 0 Å². The van der Waals surface area contributed by atoms with Gasteiger partial charge in [0.15, 0.2) is 0 Å². The SMILES string of the molecule is COc1ccc2c(c1)CCc1c(-c3ccccn3)c[nH]c1-2. The van der Waals surface area contributed by atoms with Crippen molar-refractivity contribution in [1.29, 1.82) is 0 Å². The first-order chi connectivity index (χ1) is 10.4. The summed E-state index contributed by atoms with van der Waals surface area (Å²) in [4.78, 5) is 7.91. The number of methoxy groups -OCH3 is 1. The molecule has 2 heterocycles. The molecule has 0 radical (unpaired) electrons. The first-order valence-corrected chi connectivity index (χ1v) is 7.16. The highest BCUT2D eigenvalue weighted by Crippen LogP contribution is 2.39. The minimum absolute atomic E-state index is 0.925. The number of aromatic amines is 1. The van der Waals surface area contributed by atoms with Crippen LogP contribution in [-0.2, 0) is 12.8 Å². The Balaban J connectivity index is 1.85. The Morgan fingerprint density at radius 2 is 2.05 bits per heavy atom. The third-order valence-electron chi connectivity index (χ3n) is 4.15. The van der Waals surface area contributed by atoms with Crippen LogP contribution in [0.15, 0.2) is 48.8 Å². The Bertz CT molecular complexity index is 790. The highest BCUT2D eigenvalue weighted by Gasteiger charge is 2.21. The number of ether oxygens (including phenoxy) is 1. The van der Waals surface area contributed by atoms with E-state index in [1.54, 1.807) is 7.11 Å². The molecule has 1 aliphatic rings. The molecule has 0 fully saturated rings. The normalized spacial score (nSPS) is 12.6. The van der Waals surface area contributed by atoms with Gasteiger partial charge in [0.1, 0.15) is 5.75 Å². The molecule has 0 aliphatic heterocycles. The summed E-state index contributed by atoms with van der Waals surface area (Å²) in [5, 5.41) is 0. The van der Waals surface area contributed by atoms with Gasteiger partial charge in [-0.1, -0.05) is 6.07 Å². The number of hydrogen-bond acceptors (Lipinski definition) is 2. The van der Waals surface area contributed by atoms with Crippen molar-refractivity contribution < 1.29 is 4.74 Å². The first kappa shape index (κ1) is 12.2. The molecule has 2 aromatic heterocycles. The minimum Gasteiger partial charge on any atom is -0.497 e. The first-order valence-electron chi connectivity index (χ1n) is 7.16. The van der Waals surface area contributed by atoms with Gasteiger partial charge in [0.05, 0.1) is 12.8 Å². The zero-order valence-corrected chi connectivity index (χ0v) is 11.9. The Kier molecular flexibility index (Phi) is 2.78. The molecule has 3 nitrogen and oxygen atoms in total. The Morgan fingerprint density at radius 3 is 2.86 bits per heavy atom. The fourth-order valence-electron chi connectivity index (χ4n) is 3.11. The van der Waals surface area contributed by atoms with Gasteiger partial charge in [-0.05, 0) is 54.3 Å². The molecule has 0 saturated heterocycles. The molecule has 0 amide bonds. The van der Waals surface area contributed by atoms with Gasteiger partial charge >= 0.3 is 0 Å². The number of aromatic nitrogens is 2. The van der Waals surface area contributed by atoms with Crippen LogP contribution in [0.1, 0.15) is 11.1 Å². The lowest BCUT2D eigenvalue weighted by molar-refractivity contribution is 0.414. The van der Waals surface area contributed by atoms with E-state index in [0.29, 0.717) is 0 Å². The van der Waals surface area contributed by atoms with E-state index in [9.17, 15) is 0 Å². The van der Waals surface area contributed by atoms with Gasteiger partial charge in [0.2, 0.25) is 0 Å². The zero-order valence-electron chi connectivity index (χ0n) is 11.9. The van der Waals surface area contributed by atoms with E-state index in [1.807, 2.05) is 24.4 Å². The van der Waals surface area contributed by atoms with Crippen molar-refractivity contribution >= 4 is 0 Å². The molecule has 0 saturated carbocycles. The van der Waals surface area contributed by atoms with E-state index in [1.165, 1.54) is 27.9 Å². The summed E-state index contributed by atoms with van der Waals surface area (Å²) >= 11 is 0. The summed E-state index contributed by atoms with van der Waals surface area (Å²) in [7, 11) is 1.71. The molecular weight excluding hydrogens is 260 g/mol. The largest absolute Gasteiger partial charge is 0.497 e. The smallest absolute Gasteiger partial charge is 0.119 e. The highest BCUT2D eigenvalue weighted by atomic mass is 16.5. The van der Waals surface area contributed by atoms with Crippen LogP contribution in [0.5, 0.6) is 5.75 Å². The maximum Gasteiger partial charge on any atom is 0.119 e. The van der Waals surface area contributed by atoms with Crippen LogP contribution < -0.4 is 4.74 Å². The lowest BCUT2D eigenvalue weighted by Crippen LogP contribution is -2.04. The molecule has 0 atom stereocenters. The van der Waals surface area contributed by atoms with Crippen LogP contribution >= 0.6 is 0 Å². The summed E-state index contributed by atoms with van der Waals surface area (Å²) < 4.78 is 5.32. The predicted molar refractivity (Wildman–Crippen MR) is 83.4 cm³/mol. The lowest BCUT2D eigenvalue weighted by atomic mass is 9.88. The topological polar surface area (TPSA) is 37.9 Å². The van der Waals surface area contributed by atoms with E-state index < -0.39 is 0 Å². The number of aryl methyl sites for hydroxylation is 1. The van der Waals surface area contributed by atoms with Crippen molar-refractivity contribution in [3.63, 3.8) is 0 Å². The molecule has 1 N–H and O–H groups in total. The van der Waals surface area contributed by atoms with E-state index >= 15 is 0 Å². The molecule has 0 unspecified atom stereocenters. The van der Waals surface area contributed by atoms with Gasteiger partial charge in [-0.25, -0.2) is 0 Å². The zero-order chi connectivity index (χ0) is 14.2. The van der Waals surface area contributed by atoms with Gasteiger partial charge in [-0.15, -0.1) is 0 Å². The molecule has 3 heteroatoms. The minimum atomic E-state index is 0.925. The summed E-state index contributed by atoms with van der Waals surface area (Å²) in [6.07, 6.45) is 5.99. The van der Waals surface area contributed by atoms with Crippen LogP contribution in [0.2, 0.25) is 0 Å². The predicted octanol–water partition coefficient (Wildman–Crippen LogP) is 3.85. The Hall–Kier alpha value is -2.55. The standard InChI is InChI=1S/C18H16N2O/c1-21-13-6-8-14-12(10-13)5-7-15-16(11-20-18(14)15)17-4-2-3-9-19-17/h2-4,6,8-11,20H,5,7H2,1H3. The summed E-state index contributed by atoms with van der Waals surface area (Å²) in [6, 6.07) is 12.3. The maximum atomic E-state index is 5.32. The van der Waals surface area contributed by atoms with Crippen molar-refractivity contribution in [2.45, 2.75) is 12.8 Å². The van der Waals surface area contributed by atoms with E-state index in [0.717, 1.165) is 24.3 Å². The second-order valence-electron chi connectivity index (χ2n) is 5.29. The molecule has 0 spiro atoms. The molecule has 1 aromatic carbocycles. The Labute approximate surface area is 123 Å². The number of nitrogens with one attached hydrogen (secondary N) is 1. The fourth-order valence-corrected chi connectivity index (χ4v) is 3.11. The third-order valence-corrected chi connectivity index (χ3v) is 4.15. The fraction of sp³-hybridized carbons (Fsp3) is 0.167. The molecule has 0 bridgehead atoms. The lowest BCUT2D eigenvalue weighted by Gasteiger charge is -2.18. The van der Waals surface area contributed by atoms with Gasteiger partial charge in [-0.2, -0.15) is 0 Å². The number of pyridine rings is 1. The van der Waals surface area contributed by atoms with E-state index in [2.05, 4.69) is 34.4 Å². The number of H-pyrrole nitrogens is 1.